The Bertz CT molecular complexity index is 571. The second kappa shape index (κ2) is 6.02. The quantitative estimate of drug-likeness (QED) is 0.854. The molecule has 2 rings (SSSR count). The minimum Gasteiger partial charge on any atom is -0.351 e. The first-order valence-corrected chi connectivity index (χ1v) is 7.37. The van der Waals surface area contributed by atoms with Crippen LogP contribution in [-0.2, 0) is 7.05 Å². The molecule has 0 bridgehead atoms. The van der Waals surface area contributed by atoms with E-state index in [2.05, 4.69) is 17.2 Å². The van der Waals surface area contributed by atoms with Crippen LogP contribution in [0.2, 0.25) is 0 Å². The summed E-state index contributed by atoms with van der Waals surface area (Å²) in [5, 5.41) is 5.99. The fraction of sp³-hybridized carbons (Fsp3) is 0.429. The van der Waals surface area contributed by atoms with Crippen molar-refractivity contribution in [3.05, 3.63) is 28.3 Å². The Labute approximate surface area is 117 Å². The van der Waals surface area contributed by atoms with E-state index in [4.69, 9.17) is 0 Å². The van der Waals surface area contributed by atoms with Gasteiger partial charge in [-0.05, 0) is 19.4 Å². The molecule has 0 unspecified atom stereocenters. The lowest BCUT2D eigenvalue weighted by Crippen LogP contribution is -2.26. The molecule has 0 aliphatic heterocycles. The van der Waals surface area contributed by atoms with Crippen LogP contribution in [0.3, 0.4) is 0 Å². The molecule has 102 valence electrons. The molecule has 0 aliphatic rings. The van der Waals surface area contributed by atoms with Crippen LogP contribution in [0.25, 0.3) is 11.3 Å². The van der Waals surface area contributed by atoms with Crippen LogP contribution in [-0.4, -0.2) is 22.0 Å². The summed E-state index contributed by atoms with van der Waals surface area (Å²) in [5.41, 5.74) is 2.61. The molecule has 0 atom stereocenters. The molecular weight excluding hydrogens is 258 g/mol. The predicted octanol–water partition coefficient (Wildman–Crippen LogP) is 2.99. The Morgan fingerprint density at radius 1 is 1.53 bits per heavy atom. The summed E-state index contributed by atoms with van der Waals surface area (Å²) in [5.74, 6) is -0.0193. The first kappa shape index (κ1) is 13.8. The predicted molar refractivity (Wildman–Crippen MR) is 78.5 cm³/mol. The van der Waals surface area contributed by atoms with Crippen LogP contribution in [0, 0.1) is 6.92 Å². The van der Waals surface area contributed by atoms with Crippen molar-refractivity contribution < 1.29 is 4.79 Å². The molecule has 1 N–H and O–H groups in total. The minimum atomic E-state index is -0.0193. The lowest BCUT2D eigenvalue weighted by atomic mass is 10.2. The summed E-state index contributed by atoms with van der Waals surface area (Å²) in [6, 6.07) is 1.90. The number of amides is 1. The molecule has 5 heteroatoms. The van der Waals surface area contributed by atoms with Crippen LogP contribution in [0.4, 0.5) is 0 Å². The van der Waals surface area contributed by atoms with E-state index in [1.54, 1.807) is 11.3 Å². The van der Waals surface area contributed by atoms with Gasteiger partial charge in [-0.15, -0.1) is 11.3 Å². The van der Waals surface area contributed by atoms with E-state index in [1.807, 2.05) is 36.2 Å². The van der Waals surface area contributed by atoms with Crippen LogP contribution < -0.4 is 5.32 Å². The smallest absolute Gasteiger partial charge is 0.267 e. The van der Waals surface area contributed by atoms with Gasteiger partial charge in [-0.25, -0.2) is 4.98 Å². The lowest BCUT2D eigenvalue weighted by Gasteiger charge is -2.04. The maximum absolute atomic E-state index is 12.0. The third-order valence-electron chi connectivity index (χ3n) is 2.97. The largest absolute Gasteiger partial charge is 0.351 e. The maximum Gasteiger partial charge on any atom is 0.267 e. The van der Waals surface area contributed by atoms with Gasteiger partial charge >= 0.3 is 0 Å². The molecule has 1 amide bonds. The van der Waals surface area contributed by atoms with Crippen LogP contribution in [0.1, 0.15) is 35.3 Å². The van der Waals surface area contributed by atoms with E-state index in [1.165, 1.54) is 0 Å². The van der Waals surface area contributed by atoms with Crippen LogP contribution in [0.5, 0.6) is 0 Å². The van der Waals surface area contributed by atoms with Gasteiger partial charge in [0.1, 0.15) is 5.69 Å². The van der Waals surface area contributed by atoms with Gasteiger partial charge in [0.05, 0.1) is 10.7 Å². The van der Waals surface area contributed by atoms with Crippen molar-refractivity contribution in [2.24, 2.45) is 7.05 Å². The fourth-order valence-electron chi connectivity index (χ4n) is 1.90. The standard InChI is InChI=1S/C14H19N3OS/c1-4-5-6-15-14(18)13-7-11(8-17(13)3)12-9-19-10(2)16-12/h7-9H,4-6H2,1-3H3,(H,15,18). The fourth-order valence-corrected chi connectivity index (χ4v) is 2.52. The van der Waals surface area contributed by atoms with Crippen LogP contribution in [0.15, 0.2) is 17.6 Å². The molecule has 0 spiro atoms. The maximum atomic E-state index is 12.0. The number of thiazole rings is 1. The summed E-state index contributed by atoms with van der Waals surface area (Å²) in [6.07, 6.45) is 4.04. The molecule has 0 saturated heterocycles. The van der Waals surface area contributed by atoms with Gasteiger partial charge in [0, 0.05) is 30.7 Å². The van der Waals surface area contributed by atoms with E-state index >= 15 is 0 Å². The topological polar surface area (TPSA) is 46.9 Å². The van der Waals surface area contributed by atoms with Crippen molar-refractivity contribution in [2.45, 2.75) is 26.7 Å². The van der Waals surface area contributed by atoms with Gasteiger partial charge < -0.3 is 9.88 Å². The Kier molecular flexibility index (Phi) is 4.37. The average molecular weight is 277 g/mol. The molecule has 0 saturated carbocycles. The third-order valence-corrected chi connectivity index (χ3v) is 3.74. The Hall–Kier alpha value is -1.62. The van der Waals surface area contributed by atoms with E-state index in [0.29, 0.717) is 5.69 Å². The monoisotopic (exact) mass is 277 g/mol. The number of hydrogen-bond acceptors (Lipinski definition) is 3. The van der Waals surface area contributed by atoms with Gasteiger partial charge in [0.15, 0.2) is 0 Å². The van der Waals surface area contributed by atoms with Crippen molar-refractivity contribution in [1.82, 2.24) is 14.9 Å². The van der Waals surface area contributed by atoms with Crippen molar-refractivity contribution in [3.63, 3.8) is 0 Å². The Balaban J connectivity index is 2.14. The number of nitrogens with zero attached hydrogens (tertiary/aromatic N) is 2. The van der Waals surface area contributed by atoms with Crippen molar-refractivity contribution in [1.29, 1.82) is 0 Å². The van der Waals surface area contributed by atoms with Gasteiger partial charge in [-0.1, -0.05) is 13.3 Å². The van der Waals surface area contributed by atoms with Gasteiger partial charge in [-0.2, -0.15) is 0 Å². The Morgan fingerprint density at radius 2 is 2.32 bits per heavy atom. The zero-order valence-corrected chi connectivity index (χ0v) is 12.4. The Morgan fingerprint density at radius 3 is 2.95 bits per heavy atom. The zero-order chi connectivity index (χ0) is 13.8. The van der Waals surface area contributed by atoms with Crippen molar-refractivity contribution >= 4 is 17.2 Å². The number of nitrogens with one attached hydrogen (secondary N) is 1. The molecule has 2 aromatic rings. The van der Waals surface area contributed by atoms with Crippen molar-refractivity contribution in [2.75, 3.05) is 6.54 Å². The second-order valence-corrected chi connectivity index (χ2v) is 5.65. The minimum absolute atomic E-state index is 0.0193. The summed E-state index contributed by atoms with van der Waals surface area (Å²) in [4.78, 5) is 16.5. The number of unbranched alkanes of at least 4 members (excludes halogenated alkanes) is 1. The molecule has 4 nitrogen and oxygen atoms in total. The van der Waals surface area contributed by atoms with E-state index in [-0.39, 0.29) is 5.91 Å². The van der Waals surface area contributed by atoms with E-state index in [0.717, 1.165) is 35.7 Å². The molecule has 0 radical (unpaired) electrons. The highest BCUT2D eigenvalue weighted by molar-refractivity contribution is 7.09. The lowest BCUT2D eigenvalue weighted by molar-refractivity contribution is 0.0945. The summed E-state index contributed by atoms with van der Waals surface area (Å²) >= 11 is 1.62. The van der Waals surface area contributed by atoms with E-state index in [9.17, 15) is 4.79 Å². The zero-order valence-electron chi connectivity index (χ0n) is 11.6. The summed E-state index contributed by atoms with van der Waals surface area (Å²) in [6.45, 7) is 4.82. The summed E-state index contributed by atoms with van der Waals surface area (Å²) in [7, 11) is 1.89. The van der Waals surface area contributed by atoms with Gasteiger partial charge in [0.2, 0.25) is 0 Å². The number of aryl methyl sites for hydroxylation is 2. The molecule has 0 aliphatic carbocycles. The summed E-state index contributed by atoms with van der Waals surface area (Å²) < 4.78 is 1.85. The highest BCUT2D eigenvalue weighted by atomic mass is 32.1. The normalized spacial score (nSPS) is 10.7. The molecular formula is C14H19N3OS. The molecule has 0 fully saturated rings. The number of rotatable bonds is 5. The highest BCUT2D eigenvalue weighted by Crippen LogP contribution is 2.23. The average Bonchev–Trinajstić information content (AvgIpc) is 2.95. The van der Waals surface area contributed by atoms with Gasteiger partial charge in [0.25, 0.3) is 5.91 Å². The third kappa shape index (κ3) is 3.23. The number of hydrogen-bond donors (Lipinski definition) is 1. The molecule has 2 aromatic heterocycles. The van der Waals surface area contributed by atoms with Gasteiger partial charge in [-0.3, -0.25) is 4.79 Å². The molecule has 19 heavy (non-hydrogen) atoms. The molecule has 2 heterocycles. The number of carbonyl (C=O) groups is 1. The first-order valence-electron chi connectivity index (χ1n) is 6.49. The second-order valence-electron chi connectivity index (χ2n) is 4.59. The SMILES string of the molecule is CCCCNC(=O)c1cc(-c2csc(C)n2)cn1C. The first-order chi connectivity index (χ1) is 9.11. The highest BCUT2D eigenvalue weighted by Gasteiger charge is 2.13. The number of aromatic nitrogens is 2. The molecule has 0 aromatic carbocycles. The number of carbonyl (C=O) groups excluding carboxylic acids is 1. The van der Waals surface area contributed by atoms with Crippen LogP contribution >= 0.6 is 11.3 Å². The van der Waals surface area contributed by atoms with Crippen molar-refractivity contribution in [3.8, 4) is 11.3 Å². The van der Waals surface area contributed by atoms with E-state index < -0.39 is 0 Å².